The van der Waals surface area contributed by atoms with Crippen LogP contribution in [0.3, 0.4) is 0 Å². The van der Waals surface area contributed by atoms with Gasteiger partial charge in [0, 0.05) is 23.0 Å². The third-order valence-electron chi connectivity index (χ3n) is 4.56. The highest BCUT2D eigenvalue weighted by Gasteiger charge is 2.27. The number of rotatable bonds is 18. The third kappa shape index (κ3) is 13.8. The van der Waals surface area contributed by atoms with Crippen molar-refractivity contribution in [2.75, 3.05) is 36.2 Å². The van der Waals surface area contributed by atoms with Gasteiger partial charge in [-0.3, -0.25) is 19.2 Å². The molecule has 19 heteroatoms. The van der Waals surface area contributed by atoms with Gasteiger partial charge in [-0.2, -0.15) is 25.3 Å². The highest BCUT2D eigenvalue weighted by molar-refractivity contribution is 8.82. The van der Waals surface area contributed by atoms with E-state index in [0.717, 1.165) is 54.5 Å². The molecule has 41 heavy (non-hydrogen) atoms. The van der Waals surface area contributed by atoms with Crippen LogP contribution >= 0.6 is 79.8 Å². The topological polar surface area (TPSA) is 197 Å². The third-order valence-corrected chi connectivity index (χ3v) is 11.0. The second kappa shape index (κ2) is 20.8. The Morgan fingerprint density at radius 3 is 1.46 bits per heavy atom. The van der Waals surface area contributed by atoms with Crippen molar-refractivity contribution in [1.29, 1.82) is 0 Å². The summed E-state index contributed by atoms with van der Waals surface area (Å²) in [6.07, 6.45) is 0. The van der Waals surface area contributed by atoms with Crippen molar-refractivity contribution in [3.63, 3.8) is 0 Å². The number of nitrogens with one attached hydrogen (secondary N) is 2. The first kappa shape index (κ1) is 38.0. The minimum atomic E-state index is -1.07. The van der Waals surface area contributed by atoms with Crippen LogP contribution in [0.4, 0.5) is 0 Å². The van der Waals surface area contributed by atoms with E-state index < -0.39 is 47.9 Å². The number of carbonyl (C=O) groups is 6. The first-order valence-corrected chi connectivity index (χ1v) is 18.6. The van der Waals surface area contributed by atoms with E-state index >= 15 is 0 Å². The van der Waals surface area contributed by atoms with Crippen molar-refractivity contribution in [2.45, 2.75) is 38.0 Å². The lowest BCUT2D eigenvalue weighted by Crippen LogP contribution is -2.43. The fraction of sp³-hybridized carbons (Fsp3) is 0.545. The average Bonchev–Trinajstić information content (AvgIpc) is 3.46. The molecule has 0 saturated heterocycles. The Balaban J connectivity index is 2.86. The molecule has 0 aromatic carbocycles. The van der Waals surface area contributed by atoms with Crippen LogP contribution in [-0.2, 0) is 28.7 Å². The van der Waals surface area contributed by atoms with E-state index in [1.807, 2.05) is 0 Å². The number of hydrogen-bond acceptors (Lipinski definition) is 17. The van der Waals surface area contributed by atoms with Crippen LogP contribution in [0.25, 0.3) is 0 Å². The molecule has 0 radical (unpaired) electrons. The first-order valence-electron chi connectivity index (χ1n) is 11.9. The van der Waals surface area contributed by atoms with Crippen molar-refractivity contribution in [3.05, 3.63) is 21.9 Å². The predicted molar refractivity (Wildman–Crippen MR) is 174 cm³/mol. The lowest BCUT2D eigenvalue weighted by Gasteiger charge is -2.17. The molecule has 0 spiro atoms. The van der Waals surface area contributed by atoms with Crippen LogP contribution in [0.2, 0.25) is 0 Å². The Labute approximate surface area is 268 Å². The van der Waals surface area contributed by atoms with Gasteiger partial charge < -0.3 is 31.6 Å². The van der Waals surface area contributed by atoms with Gasteiger partial charge in [-0.15, -0.1) is 11.3 Å². The lowest BCUT2D eigenvalue weighted by atomic mass is 10.3. The van der Waals surface area contributed by atoms with Crippen molar-refractivity contribution in [1.82, 2.24) is 10.6 Å². The van der Waals surface area contributed by atoms with E-state index in [0.29, 0.717) is 0 Å². The maximum atomic E-state index is 12.9. The second-order valence-corrected chi connectivity index (χ2v) is 14.2. The molecular weight excluding hydrogens is 673 g/mol. The molecule has 6 N–H and O–H groups in total. The van der Waals surface area contributed by atoms with E-state index in [1.165, 1.54) is 12.1 Å². The summed E-state index contributed by atoms with van der Waals surface area (Å²) in [7, 11) is 3.77. The molecule has 1 aromatic rings. The fourth-order valence-corrected chi connectivity index (χ4v) is 8.00. The first-order chi connectivity index (χ1) is 19.5. The Morgan fingerprint density at radius 2 is 1.15 bits per heavy atom. The molecule has 12 nitrogen and oxygen atoms in total. The molecule has 0 fully saturated rings. The number of carbonyl (C=O) groups excluding carboxylic acids is 6. The summed E-state index contributed by atoms with van der Waals surface area (Å²) in [5, 5.41) is 4.48. The number of amides is 2. The molecule has 2 unspecified atom stereocenters. The number of nitrogens with two attached hydrogens (primary N) is 2. The number of ether oxygens (including phenoxy) is 2. The molecule has 230 valence electrons. The quantitative estimate of drug-likeness (QED) is 0.0729. The number of thiophene rings is 1. The van der Waals surface area contributed by atoms with E-state index in [-0.39, 0.29) is 56.2 Å². The van der Waals surface area contributed by atoms with Gasteiger partial charge in [0.1, 0.15) is 12.1 Å². The van der Waals surface area contributed by atoms with Crippen molar-refractivity contribution in [3.8, 4) is 0 Å². The van der Waals surface area contributed by atoms with Gasteiger partial charge in [0.05, 0.1) is 35.1 Å². The zero-order chi connectivity index (χ0) is 30.9. The normalized spacial score (nSPS) is 13.8. The van der Waals surface area contributed by atoms with E-state index in [2.05, 4.69) is 35.9 Å². The predicted octanol–water partition coefficient (Wildman–Crippen LogP) is 1.40. The molecule has 2 amide bonds. The number of esters is 2. The maximum Gasteiger partial charge on any atom is 0.329 e. The van der Waals surface area contributed by atoms with Gasteiger partial charge in [0.2, 0.25) is 10.2 Å². The fourth-order valence-electron chi connectivity index (χ4n) is 2.46. The minimum absolute atomic E-state index is 0.0251. The van der Waals surface area contributed by atoms with Gasteiger partial charge in [0.25, 0.3) is 11.8 Å². The highest BCUT2D eigenvalue weighted by atomic mass is 33.1. The van der Waals surface area contributed by atoms with Crippen LogP contribution in [0.1, 0.15) is 33.2 Å². The monoisotopic (exact) mass is 704 g/mol. The molecule has 0 saturated carbocycles. The van der Waals surface area contributed by atoms with Gasteiger partial charge in [0.15, 0.2) is 0 Å². The SMILES string of the molecule is CCOC(=O)C(CSSC(=O)[C@@H](N)CS)NC(=O)c1ccc(C(=O)NC(CSSC(=O)[C@@H](N)CS)C(=O)OCC)s1. The number of hydrogen-bond donors (Lipinski definition) is 6. The average molecular weight is 705 g/mol. The van der Waals surface area contributed by atoms with Crippen molar-refractivity contribution < 1.29 is 38.2 Å². The summed E-state index contributed by atoms with van der Waals surface area (Å²) in [6, 6.07) is -0.865. The summed E-state index contributed by atoms with van der Waals surface area (Å²) in [6.45, 7) is 3.41. The summed E-state index contributed by atoms with van der Waals surface area (Å²) >= 11 is 8.80. The molecule has 0 aliphatic rings. The smallest absolute Gasteiger partial charge is 0.329 e. The summed E-state index contributed by atoms with van der Waals surface area (Å²) in [4.78, 5) is 74.6. The standard InChI is InChI=1S/C22H32N4O8S7/c1-3-33-19(29)13(9-37-40-21(31)11(23)7-35)25-17(27)15-5-6-16(39-15)18(28)26-14(20(30)34-4-2)10-38-41-22(32)12(24)8-36/h5-6,11-14,35-36H,3-4,7-10,23-24H2,1-2H3,(H,25,27)(H,26,28)/t11-,12-,13?,14?/m0/s1. The molecule has 1 rings (SSSR count). The van der Waals surface area contributed by atoms with Crippen LogP contribution in [0.5, 0.6) is 0 Å². The van der Waals surface area contributed by atoms with Gasteiger partial charge >= 0.3 is 11.9 Å². The Hall–Kier alpha value is -1.06. The van der Waals surface area contributed by atoms with Crippen molar-refractivity contribution >= 4 is 114 Å². The summed E-state index contributed by atoms with van der Waals surface area (Å²) < 4.78 is 10.0. The van der Waals surface area contributed by atoms with Crippen LogP contribution < -0.4 is 22.1 Å². The minimum Gasteiger partial charge on any atom is -0.464 e. The van der Waals surface area contributed by atoms with Gasteiger partial charge in [-0.25, -0.2) is 9.59 Å². The maximum absolute atomic E-state index is 12.9. The van der Waals surface area contributed by atoms with Crippen LogP contribution in [0, 0.1) is 0 Å². The molecule has 0 aliphatic carbocycles. The molecule has 4 atom stereocenters. The molecular formula is C22H32N4O8S7. The summed E-state index contributed by atoms with van der Waals surface area (Å²) in [5.41, 5.74) is 11.3. The van der Waals surface area contributed by atoms with Crippen molar-refractivity contribution in [2.24, 2.45) is 11.5 Å². The van der Waals surface area contributed by atoms with Gasteiger partial charge in [-0.05, 0) is 47.6 Å². The molecule has 0 bridgehead atoms. The van der Waals surface area contributed by atoms with Crippen LogP contribution in [0.15, 0.2) is 12.1 Å². The zero-order valence-electron chi connectivity index (χ0n) is 22.1. The van der Waals surface area contributed by atoms with E-state index in [1.54, 1.807) is 13.8 Å². The largest absolute Gasteiger partial charge is 0.464 e. The molecule has 0 aliphatic heterocycles. The Morgan fingerprint density at radius 1 is 0.780 bits per heavy atom. The molecule has 1 heterocycles. The highest BCUT2D eigenvalue weighted by Crippen LogP contribution is 2.26. The van der Waals surface area contributed by atoms with E-state index in [9.17, 15) is 28.8 Å². The Kier molecular flexibility index (Phi) is 19.2. The van der Waals surface area contributed by atoms with Crippen LogP contribution in [-0.4, -0.2) is 94.4 Å². The second-order valence-electron chi connectivity index (χ2n) is 7.67. The molecule has 1 aromatic heterocycles. The Bertz CT molecular complexity index is 982. The number of thiol groups is 2. The zero-order valence-corrected chi connectivity index (χ0v) is 27.9. The van der Waals surface area contributed by atoms with E-state index in [4.69, 9.17) is 20.9 Å². The van der Waals surface area contributed by atoms with Gasteiger partial charge in [-0.1, -0.05) is 21.6 Å². The summed E-state index contributed by atoms with van der Waals surface area (Å²) in [5.74, 6) is -2.25. The lowest BCUT2D eigenvalue weighted by molar-refractivity contribution is -0.145.